The molecule has 0 aliphatic carbocycles. The molecule has 2 heteroatoms. The van der Waals surface area contributed by atoms with Gasteiger partial charge in [-0.2, -0.15) is 0 Å². The summed E-state index contributed by atoms with van der Waals surface area (Å²) in [7, 11) is 0. The standard InChI is InChI=1S/C15H19NO/c16-11-4-1-5-12-17-15-10-6-8-13-7-2-3-9-14(13)15/h2-3,6-10H,1,4-5,11-12,16H2. The molecule has 2 aromatic rings. The summed E-state index contributed by atoms with van der Waals surface area (Å²) in [6.45, 7) is 1.54. The molecule has 90 valence electrons. The lowest BCUT2D eigenvalue weighted by Crippen LogP contribution is -2.01. The van der Waals surface area contributed by atoms with Gasteiger partial charge in [-0.15, -0.1) is 0 Å². The van der Waals surface area contributed by atoms with E-state index in [0.29, 0.717) is 0 Å². The van der Waals surface area contributed by atoms with Crippen LogP contribution in [0.4, 0.5) is 0 Å². The van der Waals surface area contributed by atoms with Crippen molar-refractivity contribution >= 4 is 10.8 Å². The highest BCUT2D eigenvalue weighted by atomic mass is 16.5. The van der Waals surface area contributed by atoms with Gasteiger partial charge in [0, 0.05) is 5.39 Å². The Morgan fingerprint density at radius 1 is 0.882 bits per heavy atom. The second-order valence-corrected chi connectivity index (χ2v) is 4.18. The van der Waals surface area contributed by atoms with Crippen LogP contribution in [-0.2, 0) is 0 Å². The zero-order valence-corrected chi connectivity index (χ0v) is 10.1. The summed E-state index contributed by atoms with van der Waals surface area (Å²) in [4.78, 5) is 0. The Labute approximate surface area is 102 Å². The van der Waals surface area contributed by atoms with Gasteiger partial charge in [-0.1, -0.05) is 36.4 Å². The largest absolute Gasteiger partial charge is 0.493 e. The lowest BCUT2D eigenvalue weighted by atomic mass is 10.1. The molecule has 0 radical (unpaired) electrons. The highest BCUT2D eigenvalue weighted by Gasteiger charge is 2.00. The van der Waals surface area contributed by atoms with Crippen LogP contribution in [0.15, 0.2) is 42.5 Å². The Balaban J connectivity index is 1.98. The van der Waals surface area contributed by atoms with Crippen LogP contribution in [0.1, 0.15) is 19.3 Å². The fourth-order valence-corrected chi connectivity index (χ4v) is 1.93. The maximum absolute atomic E-state index is 5.83. The minimum Gasteiger partial charge on any atom is -0.493 e. The zero-order chi connectivity index (χ0) is 11.9. The van der Waals surface area contributed by atoms with Gasteiger partial charge < -0.3 is 10.5 Å². The number of unbranched alkanes of at least 4 members (excludes halogenated alkanes) is 2. The van der Waals surface area contributed by atoms with Crippen LogP contribution in [0.2, 0.25) is 0 Å². The lowest BCUT2D eigenvalue weighted by Gasteiger charge is -2.08. The molecule has 0 spiro atoms. The molecule has 17 heavy (non-hydrogen) atoms. The van der Waals surface area contributed by atoms with Crippen LogP contribution in [0, 0.1) is 0 Å². The molecule has 0 saturated heterocycles. The summed E-state index contributed by atoms with van der Waals surface area (Å²) < 4.78 is 5.83. The third-order valence-electron chi connectivity index (χ3n) is 2.86. The maximum atomic E-state index is 5.83. The van der Waals surface area contributed by atoms with E-state index in [2.05, 4.69) is 18.2 Å². The first kappa shape index (κ1) is 11.9. The van der Waals surface area contributed by atoms with Crippen molar-refractivity contribution in [3.05, 3.63) is 42.5 Å². The van der Waals surface area contributed by atoms with Crippen molar-refractivity contribution in [1.82, 2.24) is 0 Å². The van der Waals surface area contributed by atoms with E-state index in [0.717, 1.165) is 38.2 Å². The van der Waals surface area contributed by atoms with Gasteiger partial charge in [0.1, 0.15) is 5.75 Å². The number of rotatable bonds is 6. The van der Waals surface area contributed by atoms with E-state index >= 15 is 0 Å². The van der Waals surface area contributed by atoms with Crippen LogP contribution < -0.4 is 10.5 Å². The van der Waals surface area contributed by atoms with Crippen molar-refractivity contribution in [1.29, 1.82) is 0 Å². The first-order chi connectivity index (χ1) is 8.42. The van der Waals surface area contributed by atoms with Crippen molar-refractivity contribution in [3.8, 4) is 5.75 Å². The Kier molecular flexibility index (Phi) is 4.39. The van der Waals surface area contributed by atoms with Gasteiger partial charge in [0.15, 0.2) is 0 Å². The predicted molar refractivity (Wildman–Crippen MR) is 72.3 cm³/mol. The molecule has 0 aliphatic heterocycles. The van der Waals surface area contributed by atoms with Gasteiger partial charge in [0.05, 0.1) is 6.61 Å². The summed E-state index contributed by atoms with van der Waals surface area (Å²) in [5.74, 6) is 0.982. The van der Waals surface area contributed by atoms with E-state index in [9.17, 15) is 0 Å². The first-order valence-electron chi connectivity index (χ1n) is 6.22. The van der Waals surface area contributed by atoms with E-state index in [1.165, 1.54) is 10.8 Å². The van der Waals surface area contributed by atoms with Gasteiger partial charge in [-0.25, -0.2) is 0 Å². The SMILES string of the molecule is NCCCCCOc1cccc2ccccc12. The van der Waals surface area contributed by atoms with E-state index in [1.807, 2.05) is 24.3 Å². The van der Waals surface area contributed by atoms with Gasteiger partial charge in [0.2, 0.25) is 0 Å². The van der Waals surface area contributed by atoms with Crippen molar-refractivity contribution in [2.24, 2.45) is 5.73 Å². The number of hydrogen-bond acceptors (Lipinski definition) is 2. The molecule has 0 atom stereocenters. The van der Waals surface area contributed by atoms with Crippen molar-refractivity contribution in [2.75, 3.05) is 13.2 Å². The average Bonchev–Trinajstić information content (AvgIpc) is 2.39. The summed E-state index contributed by atoms with van der Waals surface area (Å²) in [5.41, 5.74) is 5.46. The summed E-state index contributed by atoms with van der Waals surface area (Å²) >= 11 is 0. The van der Waals surface area contributed by atoms with Crippen molar-refractivity contribution < 1.29 is 4.74 Å². The van der Waals surface area contributed by atoms with Crippen LogP contribution in [0.5, 0.6) is 5.75 Å². The number of ether oxygens (including phenoxy) is 1. The molecular weight excluding hydrogens is 210 g/mol. The highest BCUT2D eigenvalue weighted by Crippen LogP contribution is 2.25. The molecule has 0 amide bonds. The fraction of sp³-hybridized carbons (Fsp3) is 0.333. The van der Waals surface area contributed by atoms with Crippen LogP contribution in [0.25, 0.3) is 10.8 Å². The molecule has 0 heterocycles. The van der Waals surface area contributed by atoms with E-state index in [4.69, 9.17) is 10.5 Å². The topological polar surface area (TPSA) is 35.2 Å². The molecule has 2 rings (SSSR count). The molecule has 2 aromatic carbocycles. The van der Waals surface area contributed by atoms with Crippen molar-refractivity contribution in [2.45, 2.75) is 19.3 Å². The van der Waals surface area contributed by atoms with Crippen LogP contribution >= 0.6 is 0 Å². The molecule has 0 saturated carbocycles. The molecule has 0 bridgehead atoms. The lowest BCUT2D eigenvalue weighted by molar-refractivity contribution is 0.309. The number of benzene rings is 2. The monoisotopic (exact) mass is 229 g/mol. The van der Waals surface area contributed by atoms with E-state index in [-0.39, 0.29) is 0 Å². The second kappa shape index (κ2) is 6.26. The van der Waals surface area contributed by atoms with E-state index in [1.54, 1.807) is 0 Å². The molecule has 0 aliphatic rings. The normalized spacial score (nSPS) is 10.6. The van der Waals surface area contributed by atoms with Crippen LogP contribution in [0.3, 0.4) is 0 Å². The van der Waals surface area contributed by atoms with E-state index < -0.39 is 0 Å². The smallest absolute Gasteiger partial charge is 0.127 e. The van der Waals surface area contributed by atoms with Gasteiger partial charge in [0.25, 0.3) is 0 Å². The molecule has 0 unspecified atom stereocenters. The third-order valence-corrected chi connectivity index (χ3v) is 2.86. The Morgan fingerprint density at radius 2 is 1.71 bits per heavy atom. The summed E-state index contributed by atoms with van der Waals surface area (Å²) in [6, 6.07) is 14.5. The predicted octanol–water partition coefficient (Wildman–Crippen LogP) is 3.35. The Morgan fingerprint density at radius 3 is 2.59 bits per heavy atom. The second-order valence-electron chi connectivity index (χ2n) is 4.18. The number of nitrogens with two attached hydrogens (primary N) is 1. The maximum Gasteiger partial charge on any atom is 0.127 e. The number of hydrogen-bond donors (Lipinski definition) is 1. The minimum atomic E-state index is 0.772. The Hall–Kier alpha value is -1.54. The molecule has 2 nitrogen and oxygen atoms in total. The average molecular weight is 229 g/mol. The van der Waals surface area contributed by atoms with Gasteiger partial charge >= 0.3 is 0 Å². The van der Waals surface area contributed by atoms with Gasteiger partial charge in [-0.3, -0.25) is 0 Å². The minimum absolute atomic E-state index is 0.772. The number of fused-ring (bicyclic) bond motifs is 1. The summed E-state index contributed by atoms with van der Waals surface area (Å²) in [5, 5.41) is 2.42. The van der Waals surface area contributed by atoms with Crippen LogP contribution in [-0.4, -0.2) is 13.2 Å². The summed E-state index contributed by atoms with van der Waals surface area (Å²) in [6.07, 6.45) is 3.29. The first-order valence-corrected chi connectivity index (χ1v) is 6.22. The quantitative estimate of drug-likeness (QED) is 0.771. The third kappa shape index (κ3) is 3.21. The van der Waals surface area contributed by atoms with Crippen molar-refractivity contribution in [3.63, 3.8) is 0 Å². The molecule has 0 fully saturated rings. The zero-order valence-electron chi connectivity index (χ0n) is 10.1. The fourth-order valence-electron chi connectivity index (χ4n) is 1.93. The molecule has 0 aromatic heterocycles. The van der Waals surface area contributed by atoms with Gasteiger partial charge in [-0.05, 0) is 37.3 Å². The molecular formula is C15H19NO. The Bertz CT molecular complexity index is 462. The highest BCUT2D eigenvalue weighted by molar-refractivity contribution is 5.88. The molecule has 2 N–H and O–H groups in total.